The number of anilines is 1. The molecular weight excluding hydrogens is 145 g/mol. The fourth-order valence-corrected chi connectivity index (χ4v) is 0.791. The minimum absolute atomic E-state index is 0.0641. The zero-order valence-electron chi connectivity index (χ0n) is 6.05. The molecule has 1 aromatic heterocycles. The summed E-state index contributed by atoms with van der Waals surface area (Å²) in [5.74, 6) is -0.540. The number of hydrogen-bond acceptors (Lipinski definition) is 3. The second kappa shape index (κ2) is 3.30. The zero-order valence-corrected chi connectivity index (χ0v) is 6.05. The number of nitrogen functional groups attached to an aromatic ring is 1. The Hall–Kier alpha value is -1.16. The summed E-state index contributed by atoms with van der Waals surface area (Å²) in [6.45, 7) is 0.491. The quantitative estimate of drug-likeness (QED) is 0.645. The Morgan fingerprint density at radius 3 is 2.82 bits per heavy atom. The fraction of sp³-hybridized carbons (Fsp3) is 0.286. The molecule has 0 amide bonds. The standard InChI is InChI=1S/C7H10FN3/c8-6-3-5(1-2-9)4-11-7(6)10/h3-4H,1-2,9H2,(H2,10,11). The maximum atomic E-state index is 12.7. The van der Waals surface area contributed by atoms with Gasteiger partial charge in [0.15, 0.2) is 11.6 Å². The van der Waals surface area contributed by atoms with Crippen LogP contribution in [0.2, 0.25) is 0 Å². The first kappa shape index (κ1) is 7.94. The molecule has 0 fully saturated rings. The average molecular weight is 155 g/mol. The van der Waals surface area contributed by atoms with Gasteiger partial charge in [-0.15, -0.1) is 0 Å². The summed E-state index contributed by atoms with van der Waals surface area (Å²) in [6, 6.07) is 1.36. The third kappa shape index (κ3) is 1.88. The van der Waals surface area contributed by atoms with Crippen molar-refractivity contribution in [2.75, 3.05) is 12.3 Å². The molecule has 1 heterocycles. The van der Waals surface area contributed by atoms with Crippen molar-refractivity contribution < 1.29 is 4.39 Å². The van der Waals surface area contributed by atoms with Gasteiger partial charge in [0.2, 0.25) is 0 Å². The predicted octanol–water partition coefficient (Wildman–Crippen LogP) is 0.304. The van der Waals surface area contributed by atoms with E-state index >= 15 is 0 Å². The van der Waals surface area contributed by atoms with Crippen molar-refractivity contribution in [3.05, 3.63) is 23.6 Å². The van der Waals surface area contributed by atoms with E-state index in [2.05, 4.69) is 4.98 Å². The summed E-state index contributed by atoms with van der Waals surface area (Å²) in [4.78, 5) is 3.64. The highest BCUT2D eigenvalue weighted by molar-refractivity contribution is 5.31. The molecular formula is C7H10FN3. The smallest absolute Gasteiger partial charge is 0.165 e. The molecule has 1 rings (SSSR count). The van der Waals surface area contributed by atoms with Crippen LogP contribution >= 0.6 is 0 Å². The lowest BCUT2D eigenvalue weighted by Crippen LogP contribution is -2.04. The lowest BCUT2D eigenvalue weighted by molar-refractivity contribution is 0.624. The molecule has 0 radical (unpaired) electrons. The number of nitrogens with zero attached hydrogens (tertiary/aromatic N) is 1. The molecule has 0 aliphatic heterocycles. The van der Waals surface area contributed by atoms with Gasteiger partial charge < -0.3 is 11.5 Å². The highest BCUT2D eigenvalue weighted by Crippen LogP contribution is 2.07. The van der Waals surface area contributed by atoms with Gasteiger partial charge in [-0.3, -0.25) is 0 Å². The van der Waals surface area contributed by atoms with Crippen molar-refractivity contribution in [2.24, 2.45) is 5.73 Å². The predicted molar refractivity (Wildman–Crippen MR) is 41.4 cm³/mol. The summed E-state index contributed by atoms with van der Waals surface area (Å²) < 4.78 is 12.7. The first-order valence-electron chi connectivity index (χ1n) is 3.34. The molecule has 0 bridgehead atoms. The van der Waals surface area contributed by atoms with Crippen LogP contribution in [-0.4, -0.2) is 11.5 Å². The van der Waals surface area contributed by atoms with Gasteiger partial charge >= 0.3 is 0 Å². The van der Waals surface area contributed by atoms with E-state index in [4.69, 9.17) is 11.5 Å². The Bertz CT molecular complexity index is 249. The van der Waals surface area contributed by atoms with E-state index in [1.807, 2.05) is 0 Å². The summed E-state index contributed by atoms with van der Waals surface area (Å²) in [5.41, 5.74) is 11.2. The molecule has 1 aromatic rings. The number of nitrogens with two attached hydrogens (primary N) is 2. The maximum absolute atomic E-state index is 12.7. The molecule has 60 valence electrons. The summed E-state index contributed by atoms with van der Waals surface area (Å²) in [6.07, 6.45) is 2.16. The third-order valence-electron chi connectivity index (χ3n) is 1.36. The van der Waals surface area contributed by atoms with Crippen LogP contribution in [0.25, 0.3) is 0 Å². The van der Waals surface area contributed by atoms with Gasteiger partial charge in [0.25, 0.3) is 0 Å². The molecule has 0 spiro atoms. The lowest BCUT2D eigenvalue weighted by atomic mass is 10.2. The Morgan fingerprint density at radius 2 is 2.27 bits per heavy atom. The van der Waals surface area contributed by atoms with Crippen molar-refractivity contribution in [3.8, 4) is 0 Å². The van der Waals surface area contributed by atoms with Gasteiger partial charge in [0.05, 0.1) is 0 Å². The van der Waals surface area contributed by atoms with E-state index < -0.39 is 5.82 Å². The summed E-state index contributed by atoms with van der Waals surface area (Å²) in [7, 11) is 0. The van der Waals surface area contributed by atoms with Gasteiger partial charge in [0, 0.05) is 6.20 Å². The van der Waals surface area contributed by atoms with Gasteiger partial charge in [-0.2, -0.15) is 0 Å². The van der Waals surface area contributed by atoms with Crippen molar-refractivity contribution in [1.29, 1.82) is 0 Å². The third-order valence-corrected chi connectivity index (χ3v) is 1.36. The van der Waals surface area contributed by atoms with E-state index in [1.54, 1.807) is 0 Å². The fourth-order valence-electron chi connectivity index (χ4n) is 0.791. The first-order valence-corrected chi connectivity index (χ1v) is 3.34. The molecule has 0 saturated carbocycles. The molecule has 4 N–H and O–H groups in total. The molecule has 4 heteroatoms. The van der Waals surface area contributed by atoms with Crippen LogP contribution in [0, 0.1) is 5.82 Å². The Morgan fingerprint density at radius 1 is 1.55 bits per heavy atom. The second-order valence-electron chi connectivity index (χ2n) is 2.25. The van der Waals surface area contributed by atoms with Crippen LogP contribution in [-0.2, 0) is 6.42 Å². The molecule has 11 heavy (non-hydrogen) atoms. The highest BCUT2D eigenvalue weighted by atomic mass is 19.1. The Kier molecular flexibility index (Phi) is 2.38. The van der Waals surface area contributed by atoms with Gasteiger partial charge in [-0.05, 0) is 24.6 Å². The van der Waals surface area contributed by atoms with Crippen LogP contribution in [0.3, 0.4) is 0 Å². The molecule has 0 aromatic carbocycles. The molecule has 0 aliphatic carbocycles. The SMILES string of the molecule is NCCc1cnc(N)c(F)c1. The average Bonchev–Trinajstić information content (AvgIpc) is 1.98. The van der Waals surface area contributed by atoms with Crippen molar-refractivity contribution in [3.63, 3.8) is 0 Å². The first-order chi connectivity index (χ1) is 5.24. The Balaban J connectivity index is 2.86. The van der Waals surface area contributed by atoms with E-state index in [1.165, 1.54) is 12.3 Å². The summed E-state index contributed by atoms with van der Waals surface area (Å²) >= 11 is 0. The van der Waals surface area contributed by atoms with E-state index in [9.17, 15) is 4.39 Å². The largest absolute Gasteiger partial charge is 0.381 e. The van der Waals surface area contributed by atoms with Crippen LogP contribution in [0.4, 0.5) is 10.2 Å². The lowest BCUT2D eigenvalue weighted by Gasteiger charge is -1.99. The molecule has 0 atom stereocenters. The van der Waals surface area contributed by atoms with Crippen molar-refractivity contribution >= 4 is 5.82 Å². The number of halogens is 1. The highest BCUT2D eigenvalue weighted by Gasteiger charge is 1.99. The monoisotopic (exact) mass is 155 g/mol. The molecule has 0 saturated heterocycles. The Labute approximate surface area is 64.2 Å². The van der Waals surface area contributed by atoms with Crippen LogP contribution < -0.4 is 11.5 Å². The number of aromatic nitrogens is 1. The zero-order chi connectivity index (χ0) is 8.27. The second-order valence-corrected chi connectivity index (χ2v) is 2.25. The van der Waals surface area contributed by atoms with Crippen molar-refractivity contribution in [2.45, 2.75) is 6.42 Å². The van der Waals surface area contributed by atoms with E-state index in [0.717, 1.165) is 5.56 Å². The number of rotatable bonds is 2. The minimum atomic E-state index is -0.476. The number of pyridine rings is 1. The molecule has 0 unspecified atom stereocenters. The maximum Gasteiger partial charge on any atom is 0.165 e. The number of hydrogen-bond donors (Lipinski definition) is 2. The topological polar surface area (TPSA) is 64.9 Å². The van der Waals surface area contributed by atoms with Crippen LogP contribution in [0.5, 0.6) is 0 Å². The normalized spacial score (nSPS) is 10.0. The molecule has 0 aliphatic rings. The minimum Gasteiger partial charge on any atom is -0.381 e. The summed E-state index contributed by atoms with van der Waals surface area (Å²) in [5, 5.41) is 0. The van der Waals surface area contributed by atoms with Crippen LogP contribution in [0.15, 0.2) is 12.3 Å². The van der Waals surface area contributed by atoms with E-state index in [-0.39, 0.29) is 5.82 Å². The van der Waals surface area contributed by atoms with Crippen LogP contribution in [0.1, 0.15) is 5.56 Å². The van der Waals surface area contributed by atoms with Gasteiger partial charge in [-0.25, -0.2) is 9.37 Å². The molecule has 3 nitrogen and oxygen atoms in total. The van der Waals surface area contributed by atoms with Crippen molar-refractivity contribution in [1.82, 2.24) is 4.98 Å². The van der Waals surface area contributed by atoms with E-state index in [0.29, 0.717) is 13.0 Å². The van der Waals surface area contributed by atoms with Gasteiger partial charge in [0.1, 0.15) is 0 Å². The van der Waals surface area contributed by atoms with Gasteiger partial charge in [-0.1, -0.05) is 0 Å².